The van der Waals surface area contributed by atoms with Crippen molar-refractivity contribution in [1.82, 2.24) is 26.8 Å². The van der Waals surface area contributed by atoms with Crippen LogP contribution in [0.3, 0.4) is 0 Å². The first kappa shape index (κ1) is 85.2. The minimum Gasteiger partial charge on any atom is -0.507 e. The van der Waals surface area contributed by atoms with E-state index >= 15 is 0 Å². The van der Waals surface area contributed by atoms with E-state index in [9.17, 15) is 53.7 Å². The van der Waals surface area contributed by atoms with Crippen LogP contribution in [0.15, 0.2) is 158 Å². The monoisotopic (exact) mass is 1680 g/mol. The van der Waals surface area contributed by atoms with Gasteiger partial charge in [-0.3, -0.25) is 33.8 Å². The number of aromatic hydroxyl groups is 2. The molecule has 24 nitrogen and oxygen atoms in total. The first-order chi connectivity index (χ1) is 49.3. The summed E-state index contributed by atoms with van der Waals surface area (Å²) < 4.78 is 32.0. The Hall–Kier alpha value is -9.41. The molecule has 0 saturated heterocycles. The van der Waals surface area contributed by atoms with Crippen molar-refractivity contribution in [3.8, 4) is 33.8 Å². The molecular weight excluding hydrogens is 1580 g/mol. The molecule has 0 bridgehead atoms. The number of nitrogens with zero attached hydrogens (tertiary/aromatic N) is 4. The molecule has 0 unspecified atom stereocenters. The maximum Gasteiger partial charge on any atom is 0.416 e. The van der Waals surface area contributed by atoms with E-state index in [4.69, 9.17) is 38.7 Å². The summed E-state index contributed by atoms with van der Waals surface area (Å²) in [7, 11) is 3.13. The van der Waals surface area contributed by atoms with Gasteiger partial charge >= 0.3 is 30.1 Å². The third-order valence-corrected chi connectivity index (χ3v) is 16.0. The third kappa shape index (κ3) is 27.3. The number of ether oxygens (including phenoxy) is 4. The molecule has 4 amide bonds. The van der Waals surface area contributed by atoms with Crippen molar-refractivity contribution in [1.29, 1.82) is 2.67 Å². The predicted molar refractivity (Wildman–Crippen MR) is 399 cm³/mol. The number of aryl methyl sites for hydroxylation is 2. The molecule has 10 N–H and O–H groups in total. The summed E-state index contributed by atoms with van der Waals surface area (Å²) in [5.74, 6) is -2.92. The molecule has 1 radical (unpaired) electrons. The number of pyridine rings is 2. The van der Waals surface area contributed by atoms with Crippen LogP contribution in [-0.2, 0) is 47.7 Å². The average Bonchev–Trinajstić information content (AvgIpc) is 0.793. The van der Waals surface area contributed by atoms with E-state index < -0.39 is 89.5 Å². The number of ketones is 1. The number of amides is 4. The number of phenolic OH excluding ortho intramolecular Hbond substituents is 2. The summed E-state index contributed by atoms with van der Waals surface area (Å²) in [4.78, 5) is 109. The smallest absolute Gasteiger partial charge is 0.416 e. The van der Waals surface area contributed by atoms with Gasteiger partial charge in [-0.15, -0.1) is 11.6 Å². The fourth-order valence-electron chi connectivity index (χ4n) is 10.5. The summed E-state index contributed by atoms with van der Waals surface area (Å²) in [6.07, 6.45) is 2.36. The number of rotatable bonds is 26. The number of alkyl halides is 1. The van der Waals surface area contributed by atoms with Gasteiger partial charge in [0.15, 0.2) is 5.78 Å². The number of Topliss-reactive ketones (excluding diaryl/α,β-unsaturated/α-hetero) is 1. The standard InChI is InChI=1S/C39H45N3O8.C20H17ClO3.C18H27N3O6.BH2.H3N.U/c1-25-18-19-40-35(21-25)42(38(48)50-39(2,3)4)20-8-11-36(46)41-32(24-43)34(45)22-28(23-37(47)49-5)26-12-14-27(15-13-26)29-16-17-33(44)31-10-7-6-9-30(29)31;1-24-20(23)12-18(21)14-8-6-13(7-9-14)15-10-11-19(22)17-5-3-2-4-16(15)17;1-12-7-8-19-14(10-12)21(17(26)27-18(2,3)4)9-5-6-15(23)20-13(11-22)16(24)25;;;/h6-7,9-10,12-19,21,28,32,43-44H,8,11,20,22-24H2,1-5H3,(H,41,46);2-11,18,22H,12H2,1H3;7-8,10,13,22H,5-6,9,11H2,1-4H3,(H,20,23)(H,24,25);1H2;1H3;/t28-,32-;18-;13-;;;/m000.../s1/i;;;1T2;;. The molecular formula is C77H94BClN7O17U. The predicted octanol–water partition coefficient (Wildman–Crippen LogP) is 12.0. The number of halogens is 1. The summed E-state index contributed by atoms with van der Waals surface area (Å²) in [5, 5.41) is 56.0. The average molecular weight is 1680 g/mol. The van der Waals surface area contributed by atoms with Crippen LogP contribution < -0.4 is 26.6 Å². The number of hydrogen-bond donors (Lipinski definition) is 8. The third-order valence-electron chi connectivity index (χ3n) is 15.6. The van der Waals surface area contributed by atoms with Crippen LogP contribution in [-0.4, -0.2) is 158 Å². The van der Waals surface area contributed by atoms with Gasteiger partial charge in [-0.1, -0.05) is 109 Å². The second kappa shape index (κ2) is 42.4. The number of aliphatic hydroxyl groups is 2. The molecule has 8 aromatic rings. The van der Waals surface area contributed by atoms with Crippen molar-refractivity contribution >= 4 is 101 Å². The number of carbonyl (C=O) groups is 8. The molecule has 0 aliphatic heterocycles. The van der Waals surface area contributed by atoms with Gasteiger partial charge in [0, 0.05) is 92.5 Å². The zero-order valence-electron chi connectivity index (χ0n) is 62.2. The maximum absolute atomic E-state index is 13.4. The van der Waals surface area contributed by atoms with Crippen molar-refractivity contribution in [2.45, 2.75) is 135 Å². The Morgan fingerprint density at radius 1 is 0.558 bits per heavy atom. The van der Waals surface area contributed by atoms with Crippen LogP contribution in [0.4, 0.5) is 21.2 Å². The number of aromatic nitrogens is 2. The van der Waals surface area contributed by atoms with Crippen LogP contribution in [0.2, 0.25) is 0 Å². The number of carboxylic acids is 1. The topological polar surface area (TPSA) is 366 Å². The fraction of sp³-hybridized carbons (Fsp3) is 0.351. The van der Waals surface area contributed by atoms with Crippen molar-refractivity contribution in [2.24, 2.45) is 0 Å². The molecule has 0 fully saturated rings. The van der Waals surface area contributed by atoms with Crippen LogP contribution >= 0.6 is 11.6 Å². The number of aliphatic hydroxyl groups excluding tert-OH is 2. The molecule has 553 valence electrons. The number of esters is 2. The summed E-state index contributed by atoms with van der Waals surface area (Å²) >= 11 is 6.26. The molecule has 27 heteroatoms. The van der Waals surface area contributed by atoms with Crippen LogP contribution in [0.25, 0.3) is 43.8 Å². The van der Waals surface area contributed by atoms with Crippen LogP contribution in [0, 0.1) is 45.0 Å². The van der Waals surface area contributed by atoms with Gasteiger partial charge < -0.3 is 61.3 Å². The van der Waals surface area contributed by atoms with Crippen molar-refractivity contribution in [2.75, 3.05) is 50.3 Å². The summed E-state index contributed by atoms with van der Waals surface area (Å²) in [6.45, 7) is 13.3. The van der Waals surface area contributed by atoms with Gasteiger partial charge in [-0.05, 0) is 163 Å². The quantitative estimate of drug-likeness (QED) is 0.0108. The second-order valence-electron chi connectivity index (χ2n) is 25.8. The Labute approximate surface area is 639 Å². The number of fused-ring (bicyclic) bond motifs is 2. The van der Waals surface area contributed by atoms with E-state index in [-0.39, 0.29) is 113 Å². The number of benzene rings is 6. The number of carbonyl (C=O) groups excluding carboxylic acids is 7. The molecule has 104 heavy (non-hydrogen) atoms. The Balaban J connectivity index is 0.000000439. The number of phenols is 2. The maximum atomic E-state index is 13.4. The minimum absolute atomic E-state index is 0. The molecule has 0 saturated carbocycles. The first-order valence-corrected chi connectivity index (χ1v) is 33.2. The number of nitrogens with one attached hydrogen (secondary N) is 2. The van der Waals surface area contributed by atoms with Gasteiger partial charge in [0.2, 0.25) is 11.8 Å². The van der Waals surface area contributed by atoms with E-state index in [2.05, 4.69) is 25.3 Å². The van der Waals surface area contributed by atoms with Gasteiger partial charge in [-0.25, -0.2) is 24.4 Å². The molecule has 0 aliphatic rings. The Morgan fingerprint density at radius 2 is 0.942 bits per heavy atom. The molecule has 0 spiro atoms. The normalized spacial score (nSPS) is 12.1. The van der Waals surface area contributed by atoms with Gasteiger partial charge in [-0.2, -0.15) is 0 Å². The molecule has 2 aromatic heterocycles. The molecule has 2 heterocycles. The zero-order valence-corrected chi connectivity index (χ0v) is 65.1. The summed E-state index contributed by atoms with van der Waals surface area (Å²) in [5.41, 5.74) is 5.84. The van der Waals surface area contributed by atoms with E-state index in [0.29, 0.717) is 25.5 Å². The molecule has 8 rings (SSSR count). The Kier molecular flexibility index (Phi) is 34.7. The van der Waals surface area contributed by atoms with Crippen LogP contribution in [0.1, 0.15) is 120 Å². The Bertz CT molecular complexity index is 4210. The van der Waals surface area contributed by atoms with E-state index in [1.54, 1.807) is 90.3 Å². The minimum atomic E-state index is -1.35. The zero-order chi connectivity index (χ0) is 76.8. The first-order valence-electron chi connectivity index (χ1n) is 33.9. The Morgan fingerprint density at radius 3 is 1.32 bits per heavy atom. The number of aliphatic carboxylic acids is 1. The fourth-order valence-corrected chi connectivity index (χ4v) is 10.8. The van der Waals surface area contributed by atoms with Crippen molar-refractivity contribution in [3.63, 3.8) is 0 Å². The molecule has 4 atom stereocenters. The van der Waals surface area contributed by atoms with E-state index in [1.165, 1.54) is 24.0 Å². The molecule has 6 aromatic carbocycles. The summed E-state index contributed by atoms with van der Waals surface area (Å²) in [6, 6.07) is 42.1. The second-order valence-corrected chi connectivity index (χ2v) is 26.3. The van der Waals surface area contributed by atoms with Gasteiger partial charge in [0.25, 0.3) is 0 Å². The van der Waals surface area contributed by atoms with Crippen molar-refractivity contribution < 1.29 is 114 Å². The molecule has 0 aliphatic carbocycles. The van der Waals surface area contributed by atoms with E-state index in [0.717, 1.165) is 60.5 Å². The number of methoxy groups -OCH3 is 2. The largest absolute Gasteiger partial charge is 0.507 e. The number of hydrogen-bond acceptors (Lipinski definition) is 19. The number of carboxylic acid groups (broad SMARTS) is 1. The SMILES string of the molecule is COC(=O)C[C@H](CC(=O)[C@H](CO)NC(=O)CCCN(C(=O)OC(C)(C)C)c1cc(C)ccn1)c1ccc(-c2ccc(O)c3ccccc23)cc1.COC(=O)C[C@H](Cl)c1ccc(-c2ccc(O)c3ccccc23)cc1.Cc1ccnc(N(CCCC(=O)N[C@@H](CO)C(=O)O)C(=O)OC(C)(C)C)c1.N.[3H][B][3H].[U]. The van der Waals surface area contributed by atoms with Gasteiger partial charge in [0.1, 0.15) is 46.4 Å². The van der Waals surface area contributed by atoms with E-state index in [1.807, 2.05) is 123 Å². The van der Waals surface area contributed by atoms with Gasteiger partial charge in [0.05, 0.1) is 54.0 Å². The van der Waals surface area contributed by atoms with Crippen molar-refractivity contribution in [3.05, 3.63) is 180 Å². The van der Waals surface area contributed by atoms with Crippen LogP contribution in [0.5, 0.6) is 11.5 Å². The number of anilines is 2.